The van der Waals surface area contributed by atoms with E-state index in [2.05, 4.69) is 36.8 Å². The smallest absolute Gasteiger partial charge is 0.253 e. The minimum atomic E-state index is 0.0818. The predicted octanol–water partition coefficient (Wildman–Crippen LogP) is 4.24. The SMILES string of the molecule is CC(=O)N1CCCCCCCN(CC(C)C)Cc2cc(C(=O)N3CCCN(C)CC3)ccc21. The number of likely N-dealkylation sites (N-methyl/N-ethyl adjacent to an activating group) is 1. The average Bonchev–Trinajstić information content (AvgIpc) is 2.98. The van der Waals surface area contributed by atoms with Crippen molar-refractivity contribution in [3.8, 4) is 0 Å². The van der Waals surface area contributed by atoms with Crippen LogP contribution in [0, 0.1) is 5.92 Å². The van der Waals surface area contributed by atoms with Gasteiger partial charge in [-0.05, 0) is 69.1 Å². The zero-order chi connectivity index (χ0) is 23.8. The molecule has 1 saturated heterocycles. The van der Waals surface area contributed by atoms with Crippen LogP contribution in [0.1, 0.15) is 75.2 Å². The predicted molar refractivity (Wildman–Crippen MR) is 136 cm³/mol. The van der Waals surface area contributed by atoms with Crippen LogP contribution in [0.5, 0.6) is 0 Å². The lowest BCUT2D eigenvalue weighted by atomic mass is 10.0. The van der Waals surface area contributed by atoms with Gasteiger partial charge in [0.2, 0.25) is 5.91 Å². The summed E-state index contributed by atoms with van der Waals surface area (Å²) in [5.41, 5.74) is 2.83. The summed E-state index contributed by atoms with van der Waals surface area (Å²) in [7, 11) is 2.12. The highest BCUT2D eigenvalue weighted by atomic mass is 16.2. The van der Waals surface area contributed by atoms with Gasteiger partial charge in [-0.15, -0.1) is 0 Å². The molecule has 2 aliphatic heterocycles. The normalized spacial score (nSPS) is 20.0. The van der Waals surface area contributed by atoms with E-state index >= 15 is 0 Å². The summed E-state index contributed by atoms with van der Waals surface area (Å²) in [5.74, 6) is 0.770. The van der Waals surface area contributed by atoms with Gasteiger partial charge in [0.05, 0.1) is 0 Å². The number of anilines is 1. The Hall–Kier alpha value is -1.92. The number of nitrogens with zero attached hydrogens (tertiary/aromatic N) is 4. The second-order valence-corrected chi connectivity index (χ2v) is 10.4. The van der Waals surface area contributed by atoms with E-state index in [4.69, 9.17) is 0 Å². The standard InChI is InChI=1S/C27H44N4O2/c1-22(2)20-29-14-8-6-5-7-9-16-31(23(3)32)26-12-11-24(19-25(26)21-29)27(33)30-15-10-13-28(4)17-18-30/h11-12,19,22H,5-10,13-18,20-21H2,1-4H3. The zero-order valence-corrected chi connectivity index (χ0v) is 21.3. The van der Waals surface area contributed by atoms with Gasteiger partial charge < -0.3 is 14.7 Å². The Morgan fingerprint density at radius 2 is 1.61 bits per heavy atom. The average molecular weight is 457 g/mol. The molecule has 1 fully saturated rings. The fourth-order valence-corrected chi connectivity index (χ4v) is 5.12. The van der Waals surface area contributed by atoms with Crippen molar-refractivity contribution in [3.63, 3.8) is 0 Å². The third-order valence-electron chi connectivity index (χ3n) is 6.88. The van der Waals surface area contributed by atoms with Gasteiger partial charge in [-0.1, -0.05) is 33.1 Å². The van der Waals surface area contributed by atoms with Crippen molar-refractivity contribution in [2.24, 2.45) is 5.92 Å². The molecule has 0 aliphatic carbocycles. The molecule has 0 unspecified atom stereocenters. The van der Waals surface area contributed by atoms with Crippen LogP contribution in [-0.4, -0.2) is 79.4 Å². The van der Waals surface area contributed by atoms with Gasteiger partial charge in [-0.2, -0.15) is 0 Å². The van der Waals surface area contributed by atoms with Gasteiger partial charge in [-0.25, -0.2) is 0 Å². The third kappa shape index (κ3) is 7.54. The van der Waals surface area contributed by atoms with Gasteiger partial charge in [0, 0.05) is 57.4 Å². The van der Waals surface area contributed by atoms with E-state index in [1.165, 1.54) is 19.3 Å². The molecule has 0 spiro atoms. The van der Waals surface area contributed by atoms with Crippen LogP contribution >= 0.6 is 0 Å². The van der Waals surface area contributed by atoms with Crippen LogP contribution < -0.4 is 4.90 Å². The van der Waals surface area contributed by atoms with Crippen LogP contribution in [0.4, 0.5) is 5.69 Å². The Labute approximate surface area is 200 Å². The van der Waals surface area contributed by atoms with E-state index in [-0.39, 0.29) is 11.8 Å². The Morgan fingerprint density at radius 1 is 0.879 bits per heavy atom. The molecule has 33 heavy (non-hydrogen) atoms. The van der Waals surface area contributed by atoms with Crippen molar-refractivity contribution in [1.29, 1.82) is 0 Å². The molecule has 2 heterocycles. The van der Waals surface area contributed by atoms with E-state index in [9.17, 15) is 9.59 Å². The van der Waals surface area contributed by atoms with Crippen molar-refractivity contribution < 1.29 is 9.59 Å². The highest BCUT2D eigenvalue weighted by Crippen LogP contribution is 2.27. The maximum atomic E-state index is 13.4. The van der Waals surface area contributed by atoms with E-state index in [0.29, 0.717) is 5.92 Å². The molecule has 2 amide bonds. The number of carbonyl (C=O) groups excluding carboxylic acids is 2. The number of carbonyl (C=O) groups is 2. The Balaban J connectivity index is 1.93. The molecule has 6 nitrogen and oxygen atoms in total. The molecular weight excluding hydrogens is 412 g/mol. The third-order valence-corrected chi connectivity index (χ3v) is 6.88. The van der Waals surface area contributed by atoms with Crippen LogP contribution in [0.25, 0.3) is 0 Å². The molecule has 184 valence electrons. The number of fused-ring (bicyclic) bond motifs is 1. The van der Waals surface area contributed by atoms with Crippen LogP contribution in [-0.2, 0) is 11.3 Å². The van der Waals surface area contributed by atoms with E-state index < -0.39 is 0 Å². The van der Waals surface area contributed by atoms with Gasteiger partial charge in [-0.3, -0.25) is 14.5 Å². The summed E-state index contributed by atoms with van der Waals surface area (Å²) in [5, 5.41) is 0. The number of amides is 2. The fraction of sp³-hybridized carbons (Fsp3) is 0.704. The highest BCUT2D eigenvalue weighted by Gasteiger charge is 2.23. The molecule has 1 aromatic carbocycles. The van der Waals surface area contributed by atoms with Crippen molar-refractivity contribution >= 4 is 17.5 Å². The maximum absolute atomic E-state index is 13.4. The molecular formula is C27H44N4O2. The summed E-state index contributed by atoms with van der Waals surface area (Å²) < 4.78 is 0. The summed E-state index contributed by atoms with van der Waals surface area (Å²) >= 11 is 0. The van der Waals surface area contributed by atoms with Crippen LogP contribution in [0.2, 0.25) is 0 Å². The van der Waals surface area contributed by atoms with Gasteiger partial charge in [0.1, 0.15) is 0 Å². The largest absolute Gasteiger partial charge is 0.337 e. The Morgan fingerprint density at radius 3 is 2.33 bits per heavy atom. The van der Waals surface area contributed by atoms with E-state index in [0.717, 1.165) is 88.4 Å². The Bertz CT molecular complexity index is 794. The fourth-order valence-electron chi connectivity index (χ4n) is 5.12. The van der Waals surface area contributed by atoms with Crippen molar-refractivity contribution in [2.45, 2.75) is 65.8 Å². The zero-order valence-electron chi connectivity index (χ0n) is 21.3. The summed E-state index contributed by atoms with van der Waals surface area (Å²) in [6.45, 7) is 13.3. The number of benzene rings is 1. The summed E-state index contributed by atoms with van der Waals surface area (Å²) in [6, 6.07) is 6.03. The first-order chi connectivity index (χ1) is 15.8. The van der Waals surface area contributed by atoms with Crippen LogP contribution in [0.3, 0.4) is 0 Å². The van der Waals surface area contributed by atoms with Gasteiger partial charge in [0.15, 0.2) is 0 Å². The quantitative estimate of drug-likeness (QED) is 0.683. The minimum absolute atomic E-state index is 0.0818. The molecule has 0 radical (unpaired) electrons. The molecule has 0 saturated carbocycles. The molecule has 2 aliphatic rings. The highest BCUT2D eigenvalue weighted by molar-refractivity contribution is 5.97. The van der Waals surface area contributed by atoms with Crippen molar-refractivity contribution in [2.75, 3.05) is 57.8 Å². The lowest BCUT2D eigenvalue weighted by Gasteiger charge is -2.30. The van der Waals surface area contributed by atoms with E-state index in [1.807, 2.05) is 21.9 Å². The minimum Gasteiger partial charge on any atom is -0.337 e. The Kier molecular flexibility index (Phi) is 9.75. The lowest BCUT2D eigenvalue weighted by Crippen LogP contribution is -2.35. The molecule has 0 aromatic heterocycles. The lowest BCUT2D eigenvalue weighted by molar-refractivity contribution is -0.116. The molecule has 6 heteroatoms. The molecule has 0 N–H and O–H groups in total. The van der Waals surface area contributed by atoms with Crippen molar-refractivity contribution in [3.05, 3.63) is 29.3 Å². The van der Waals surface area contributed by atoms with Crippen molar-refractivity contribution in [1.82, 2.24) is 14.7 Å². The van der Waals surface area contributed by atoms with Gasteiger partial charge in [0.25, 0.3) is 5.91 Å². The first-order valence-electron chi connectivity index (χ1n) is 13.0. The summed E-state index contributed by atoms with van der Waals surface area (Å²) in [6.07, 6.45) is 6.86. The van der Waals surface area contributed by atoms with E-state index in [1.54, 1.807) is 6.92 Å². The second kappa shape index (κ2) is 12.5. The number of rotatable bonds is 3. The molecule has 0 atom stereocenters. The topological polar surface area (TPSA) is 47.1 Å². The number of hydrogen-bond acceptors (Lipinski definition) is 4. The summed E-state index contributed by atoms with van der Waals surface area (Å²) in [4.78, 5) is 34.7. The maximum Gasteiger partial charge on any atom is 0.253 e. The molecule has 0 bridgehead atoms. The molecule has 3 rings (SSSR count). The molecule has 1 aromatic rings. The first kappa shape index (κ1) is 25.7. The second-order valence-electron chi connectivity index (χ2n) is 10.4. The monoisotopic (exact) mass is 456 g/mol. The van der Waals surface area contributed by atoms with Crippen LogP contribution in [0.15, 0.2) is 18.2 Å². The first-order valence-corrected chi connectivity index (χ1v) is 13.0. The van der Waals surface area contributed by atoms with Gasteiger partial charge >= 0.3 is 0 Å². The number of hydrogen-bond donors (Lipinski definition) is 0.